The number of rotatable bonds is 3. The minimum absolute atomic E-state index is 0.196. The molecule has 3 heteroatoms. The summed E-state index contributed by atoms with van der Waals surface area (Å²) in [6.45, 7) is 6.22. The molecule has 4 rings (SSSR count). The second kappa shape index (κ2) is 5.49. The Hall–Kier alpha value is -1.48. The number of aliphatic hydroxyl groups is 1. The fraction of sp³-hybridized carbons (Fsp3) is 0.529. The number of piperidine rings is 3. The number of nitrogens with zero attached hydrogens (tertiary/aromatic N) is 1. The van der Waals surface area contributed by atoms with E-state index in [9.17, 15) is 5.11 Å². The smallest absolute Gasteiger partial charge is 0.119 e. The molecule has 3 saturated heterocycles. The van der Waals surface area contributed by atoms with Crippen LogP contribution < -0.4 is 4.74 Å². The normalized spacial score (nSPS) is 27.4. The molecule has 2 bridgehead atoms. The van der Waals surface area contributed by atoms with E-state index < -0.39 is 0 Å². The topological polar surface area (TPSA) is 32.7 Å². The Labute approximate surface area is 120 Å². The third kappa shape index (κ3) is 2.68. The van der Waals surface area contributed by atoms with Crippen molar-refractivity contribution >= 4 is 6.08 Å². The Morgan fingerprint density at radius 2 is 1.85 bits per heavy atom. The van der Waals surface area contributed by atoms with Gasteiger partial charge in [-0.05, 0) is 56.4 Å². The summed E-state index contributed by atoms with van der Waals surface area (Å²) in [5.41, 5.74) is 2.22. The molecule has 3 fully saturated rings. The van der Waals surface area contributed by atoms with Gasteiger partial charge < -0.3 is 14.7 Å². The lowest BCUT2D eigenvalue weighted by atomic mass is 9.83. The van der Waals surface area contributed by atoms with Gasteiger partial charge in [0, 0.05) is 18.8 Å². The van der Waals surface area contributed by atoms with Crippen molar-refractivity contribution in [2.75, 3.05) is 13.1 Å². The van der Waals surface area contributed by atoms with Crippen molar-refractivity contribution in [1.29, 1.82) is 0 Å². The lowest BCUT2D eigenvalue weighted by Gasteiger charge is -2.45. The third-order valence-electron chi connectivity index (χ3n) is 4.22. The Morgan fingerprint density at radius 3 is 2.40 bits per heavy atom. The molecule has 0 spiro atoms. The molecule has 0 aliphatic carbocycles. The Morgan fingerprint density at radius 1 is 1.20 bits per heavy atom. The van der Waals surface area contributed by atoms with E-state index in [1.165, 1.54) is 0 Å². The fourth-order valence-electron chi connectivity index (χ4n) is 3.16. The molecule has 3 aliphatic heterocycles. The molecule has 1 N–H and O–H groups in total. The van der Waals surface area contributed by atoms with E-state index in [1.807, 2.05) is 26.0 Å². The molecule has 3 nitrogen and oxygen atoms in total. The number of hydrogen-bond acceptors (Lipinski definition) is 3. The van der Waals surface area contributed by atoms with Gasteiger partial charge in [-0.1, -0.05) is 12.1 Å². The van der Waals surface area contributed by atoms with Crippen molar-refractivity contribution in [3.05, 3.63) is 35.5 Å². The second-order valence-electron chi connectivity index (χ2n) is 6.07. The van der Waals surface area contributed by atoms with Crippen LogP contribution in [0.1, 0.15) is 32.3 Å². The summed E-state index contributed by atoms with van der Waals surface area (Å²) in [5, 5.41) is 10.4. The quantitative estimate of drug-likeness (QED) is 0.919. The van der Waals surface area contributed by atoms with Crippen LogP contribution in [0.4, 0.5) is 0 Å². The SMILES string of the molecule is CC(C)Oc1ccc(/C=C2/[C@H](O)C3CCN2CC3)cc1. The van der Waals surface area contributed by atoms with Crippen LogP contribution in [0.3, 0.4) is 0 Å². The highest BCUT2D eigenvalue weighted by atomic mass is 16.5. The van der Waals surface area contributed by atoms with Gasteiger partial charge in [-0.25, -0.2) is 0 Å². The van der Waals surface area contributed by atoms with Crippen molar-refractivity contribution in [2.45, 2.75) is 38.9 Å². The van der Waals surface area contributed by atoms with E-state index in [2.05, 4.69) is 23.1 Å². The van der Waals surface area contributed by atoms with Gasteiger partial charge in [0.25, 0.3) is 0 Å². The number of aliphatic hydroxyl groups excluding tert-OH is 1. The van der Waals surface area contributed by atoms with E-state index in [1.54, 1.807) is 0 Å². The van der Waals surface area contributed by atoms with Crippen LogP contribution >= 0.6 is 0 Å². The van der Waals surface area contributed by atoms with Crippen LogP contribution in [0.2, 0.25) is 0 Å². The molecule has 1 atom stereocenters. The zero-order valence-corrected chi connectivity index (χ0v) is 12.2. The number of hydrogen-bond donors (Lipinski definition) is 1. The van der Waals surface area contributed by atoms with Gasteiger partial charge in [0.2, 0.25) is 0 Å². The summed E-state index contributed by atoms with van der Waals surface area (Å²) < 4.78 is 5.65. The molecule has 0 radical (unpaired) electrons. The number of ether oxygens (including phenoxy) is 1. The van der Waals surface area contributed by atoms with E-state index in [0.717, 1.165) is 42.9 Å². The van der Waals surface area contributed by atoms with E-state index >= 15 is 0 Å². The Kier molecular flexibility index (Phi) is 3.70. The first-order valence-electron chi connectivity index (χ1n) is 7.55. The van der Waals surface area contributed by atoms with Gasteiger partial charge in [0.05, 0.1) is 12.2 Å². The fourth-order valence-corrected chi connectivity index (χ4v) is 3.16. The highest BCUT2D eigenvalue weighted by Gasteiger charge is 2.36. The average Bonchev–Trinajstić information content (AvgIpc) is 2.44. The summed E-state index contributed by atoms with van der Waals surface area (Å²) in [5.74, 6) is 1.35. The minimum atomic E-state index is -0.288. The van der Waals surface area contributed by atoms with Gasteiger partial charge in [0.15, 0.2) is 0 Å². The van der Waals surface area contributed by atoms with E-state index in [-0.39, 0.29) is 12.2 Å². The van der Waals surface area contributed by atoms with Crippen LogP contribution in [0.5, 0.6) is 5.75 Å². The predicted molar refractivity (Wildman–Crippen MR) is 80.5 cm³/mol. The first-order valence-corrected chi connectivity index (χ1v) is 7.55. The molecule has 0 aromatic heterocycles. The average molecular weight is 273 g/mol. The largest absolute Gasteiger partial charge is 0.491 e. The van der Waals surface area contributed by atoms with Gasteiger partial charge in [-0.15, -0.1) is 0 Å². The molecule has 20 heavy (non-hydrogen) atoms. The summed E-state index contributed by atoms with van der Waals surface area (Å²) in [6.07, 6.45) is 4.28. The Balaban J connectivity index is 1.78. The van der Waals surface area contributed by atoms with Crippen molar-refractivity contribution in [1.82, 2.24) is 4.90 Å². The predicted octanol–water partition coefficient (Wildman–Crippen LogP) is 2.90. The first-order chi connectivity index (χ1) is 9.63. The monoisotopic (exact) mass is 273 g/mol. The van der Waals surface area contributed by atoms with Gasteiger partial charge in [-0.2, -0.15) is 0 Å². The van der Waals surface area contributed by atoms with E-state index in [0.29, 0.717) is 5.92 Å². The Bertz CT molecular complexity index is 480. The van der Waals surface area contributed by atoms with Crippen LogP contribution in [0.25, 0.3) is 6.08 Å². The van der Waals surface area contributed by atoms with Crippen LogP contribution in [-0.2, 0) is 0 Å². The van der Waals surface area contributed by atoms with Gasteiger partial charge in [0.1, 0.15) is 5.75 Å². The molecule has 3 heterocycles. The number of fused-ring (bicyclic) bond motifs is 3. The summed E-state index contributed by atoms with van der Waals surface area (Å²) in [6, 6.07) is 8.10. The highest BCUT2D eigenvalue weighted by molar-refractivity contribution is 5.55. The first kappa shape index (κ1) is 13.5. The zero-order chi connectivity index (χ0) is 14.1. The molecule has 1 aromatic carbocycles. The maximum Gasteiger partial charge on any atom is 0.119 e. The van der Waals surface area contributed by atoms with Crippen LogP contribution in [-0.4, -0.2) is 35.3 Å². The molecule has 0 amide bonds. The standard InChI is InChI=1S/C17H23NO2/c1-12(2)20-15-5-3-13(4-6-15)11-16-17(19)14-7-9-18(16)10-8-14/h3-6,11-12,14,17,19H,7-10H2,1-2H3/b16-11-/t17-/m1/s1. The van der Waals surface area contributed by atoms with Crippen molar-refractivity contribution in [3.8, 4) is 5.75 Å². The molecule has 1 aromatic rings. The minimum Gasteiger partial charge on any atom is -0.491 e. The summed E-state index contributed by atoms with van der Waals surface area (Å²) in [7, 11) is 0. The van der Waals surface area contributed by atoms with Crippen LogP contribution in [0, 0.1) is 5.92 Å². The summed E-state index contributed by atoms with van der Waals surface area (Å²) >= 11 is 0. The van der Waals surface area contributed by atoms with Crippen molar-refractivity contribution in [2.24, 2.45) is 5.92 Å². The van der Waals surface area contributed by atoms with E-state index in [4.69, 9.17) is 4.74 Å². The third-order valence-corrected chi connectivity index (χ3v) is 4.22. The molecule has 0 saturated carbocycles. The van der Waals surface area contributed by atoms with Gasteiger partial charge in [-0.3, -0.25) is 0 Å². The lowest BCUT2D eigenvalue weighted by Crippen LogP contribution is -2.48. The molecule has 108 valence electrons. The lowest BCUT2D eigenvalue weighted by molar-refractivity contribution is 0.0215. The van der Waals surface area contributed by atoms with Gasteiger partial charge >= 0.3 is 0 Å². The van der Waals surface area contributed by atoms with Crippen molar-refractivity contribution in [3.63, 3.8) is 0 Å². The maximum absolute atomic E-state index is 10.4. The molecule has 3 aliphatic rings. The molecule has 0 unspecified atom stereocenters. The van der Waals surface area contributed by atoms with Crippen molar-refractivity contribution < 1.29 is 9.84 Å². The van der Waals surface area contributed by atoms with Crippen LogP contribution in [0.15, 0.2) is 30.0 Å². The second-order valence-corrected chi connectivity index (χ2v) is 6.07. The summed E-state index contributed by atoms with van der Waals surface area (Å²) in [4.78, 5) is 2.32. The molecular weight excluding hydrogens is 250 g/mol. The molecular formula is C17H23NO2. The highest BCUT2D eigenvalue weighted by Crippen LogP contribution is 2.35. The maximum atomic E-state index is 10.4. The number of benzene rings is 1. The zero-order valence-electron chi connectivity index (χ0n) is 12.2.